The van der Waals surface area contributed by atoms with Crippen LogP contribution in [0.2, 0.25) is 5.02 Å². The van der Waals surface area contributed by atoms with E-state index in [1.807, 2.05) is 22.4 Å². The number of rotatable bonds is 8. The van der Waals surface area contributed by atoms with Crippen LogP contribution < -0.4 is 0 Å². The summed E-state index contributed by atoms with van der Waals surface area (Å²) in [4.78, 5) is 47.1. The van der Waals surface area contributed by atoms with Crippen molar-refractivity contribution in [3.05, 3.63) is 69.9 Å². The Kier molecular flexibility index (Phi) is 8.76. The third-order valence-corrected chi connectivity index (χ3v) is 7.61. The second-order valence-corrected chi connectivity index (χ2v) is 10.2. The normalized spacial score (nSPS) is 21.2. The lowest BCUT2D eigenvalue weighted by molar-refractivity contribution is -0.151. The maximum atomic E-state index is 13.4. The smallest absolute Gasteiger partial charge is 0.338 e. The highest BCUT2D eigenvalue weighted by atomic mass is 35.5. The summed E-state index contributed by atoms with van der Waals surface area (Å²) >= 11 is 7.56. The van der Waals surface area contributed by atoms with Crippen molar-refractivity contribution in [1.29, 1.82) is 0 Å². The monoisotopic (exact) mass is 543 g/mol. The van der Waals surface area contributed by atoms with Gasteiger partial charge < -0.3 is 19.3 Å². The number of esters is 2. The fourth-order valence-electron chi connectivity index (χ4n) is 4.73. The number of likely N-dealkylation sites (tertiary alicyclic amines) is 1. The molecule has 1 aromatic rings. The Balaban J connectivity index is 1.60. The van der Waals surface area contributed by atoms with Crippen LogP contribution in [0.5, 0.6) is 0 Å². The lowest BCUT2D eigenvalue weighted by Gasteiger charge is -2.37. The molecule has 1 saturated heterocycles. The molecule has 37 heavy (non-hydrogen) atoms. The maximum Gasteiger partial charge on any atom is 0.338 e. The van der Waals surface area contributed by atoms with Gasteiger partial charge in [-0.05, 0) is 49.8 Å². The van der Waals surface area contributed by atoms with Crippen molar-refractivity contribution in [2.24, 2.45) is 10.9 Å². The Bertz CT molecular complexity index is 1180. The lowest BCUT2D eigenvalue weighted by atomic mass is 9.93. The minimum Gasteiger partial charge on any atom is -0.466 e. The number of carbonyl (C=O) groups excluding carboxylic acids is 3. The highest BCUT2D eigenvalue weighted by molar-refractivity contribution is 8.16. The highest BCUT2D eigenvalue weighted by Crippen LogP contribution is 2.45. The zero-order valence-electron chi connectivity index (χ0n) is 20.9. The molecule has 0 aliphatic carbocycles. The van der Waals surface area contributed by atoms with Crippen LogP contribution in [0.4, 0.5) is 0 Å². The summed E-state index contributed by atoms with van der Waals surface area (Å²) in [5.41, 5.74) is 2.51. The van der Waals surface area contributed by atoms with E-state index in [0.717, 1.165) is 17.7 Å². The first-order valence-corrected chi connectivity index (χ1v) is 13.5. The number of benzene rings is 1. The lowest BCUT2D eigenvalue weighted by Crippen LogP contribution is -2.44. The first-order valence-electron chi connectivity index (χ1n) is 12.3. The van der Waals surface area contributed by atoms with E-state index in [1.165, 1.54) is 17.8 Å². The van der Waals surface area contributed by atoms with Gasteiger partial charge in [0.2, 0.25) is 5.91 Å². The summed E-state index contributed by atoms with van der Waals surface area (Å²) < 4.78 is 10.6. The van der Waals surface area contributed by atoms with Gasteiger partial charge in [-0.3, -0.25) is 9.59 Å². The number of amidine groups is 1. The molecule has 1 aromatic carbocycles. The Labute approximate surface area is 226 Å². The third kappa shape index (κ3) is 5.93. The van der Waals surface area contributed by atoms with Crippen molar-refractivity contribution in [3.8, 4) is 0 Å². The molecule has 0 unspecified atom stereocenters. The molecule has 2 atom stereocenters. The fraction of sp³-hybridized carbons (Fsp3) is 0.407. The average Bonchev–Trinajstić information content (AvgIpc) is 3.28. The molecule has 10 heteroatoms. The number of halogens is 1. The van der Waals surface area contributed by atoms with Crippen LogP contribution in [-0.4, -0.2) is 59.1 Å². The maximum absolute atomic E-state index is 13.4. The number of carbonyl (C=O) groups is 3. The SMILES string of the molecule is C=CCOC(=O)C1=C(C)N=C2SC=C(CC(=O)N3CCC[C@H](C(=O)OCC)C3)N2[C@@H]1c1ccc(Cl)cc1. The van der Waals surface area contributed by atoms with E-state index < -0.39 is 12.0 Å². The van der Waals surface area contributed by atoms with E-state index in [0.29, 0.717) is 47.6 Å². The molecular formula is C27H30ClN3O5S. The summed E-state index contributed by atoms with van der Waals surface area (Å²) in [5.74, 6) is -1.14. The number of thioether (sulfide) groups is 1. The van der Waals surface area contributed by atoms with Gasteiger partial charge in [-0.25, -0.2) is 9.79 Å². The van der Waals surface area contributed by atoms with E-state index in [4.69, 9.17) is 21.1 Å². The van der Waals surface area contributed by atoms with Crippen molar-refractivity contribution < 1.29 is 23.9 Å². The van der Waals surface area contributed by atoms with Crippen LogP contribution in [0.25, 0.3) is 0 Å². The second kappa shape index (κ2) is 12.0. The van der Waals surface area contributed by atoms with E-state index >= 15 is 0 Å². The van der Waals surface area contributed by atoms with Crippen molar-refractivity contribution in [3.63, 3.8) is 0 Å². The van der Waals surface area contributed by atoms with E-state index in [1.54, 1.807) is 30.9 Å². The van der Waals surface area contributed by atoms with Crippen molar-refractivity contribution in [2.75, 3.05) is 26.3 Å². The van der Waals surface area contributed by atoms with Crippen molar-refractivity contribution >= 4 is 46.4 Å². The Morgan fingerprint density at radius 1 is 1.24 bits per heavy atom. The first-order chi connectivity index (χ1) is 17.8. The summed E-state index contributed by atoms with van der Waals surface area (Å²) in [6, 6.07) is 6.73. The van der Waals surface area contributed by atoms with Crippen molar-refractivity contribution in [1.82, 2.24) is 9.80 Å². The van der Waals surface area contributed by atoms with Crippen LogP contribution in [0.15, 0.2) is 64.3 Å². The molecule has 0 aromatic heterocycles. The predicted molar refractivity (Wildman–Crippen MR) is 144 cm³/mol. The fourth-order valence-corrected chi connectivity index (χ4v) is 5.82. The molecule has 3 heterocycles. The van der Waals surface area contributed by atoms with Gasteiger partial charge >= 0.3 is 11.9 Å². The van der Waals surface area contributed by atoms with Crippen LogP contribution in [0.1, 0.15) is 44.7 Å². The highest BCUT2D eigenvalue weighted by Gasteiger charge is 2.41. The minimum absolute atomic E-state index is 0.0754. The summed E-state index contributed by atoms with van der Waals surface area (Å²) in [6.07, 6.45) is 3.08. The molecule has 0 N–H and O–H groups in total. The quantitative estimate of drug-likeness (QED) is 0.342. The topological polar surface area (TPSA) is 88.5 Å². The van der Waals surface area contributed by atoms with Gasteiger partial charge in [0.1, 0.15) is 6.61 Å². The largest absolute Gasteiger partial charge is 0.466 e. The molecule has 0 spiro atoms. The number of aliphatic imine (C=N–C) groups is 1. The van der Waals surface area contributed by atoms with Crippen LogP contribution in [-0.2, 0) is 23.9 Å². The van der Waals surface area contributed by atoms with E-state index in [-0.39, 0.29) is 30.8 Å². The van der Waals surface area contributed by atoms with Crippen LogP contribution >= 0.6 is 23.4 Å². The van der Waals surface area contributed by atoms with Crippen LogP contribution in [0, 0.1) is 5.92 Å². The minimum atomic E-state index is -0.537. The number of fused-ring (bicyclic) bond motifs is 1. The zero-order chi connectivity index (χ0) is 26.5. The van der Waals surface area contributed by atoms with Crippen LogP contribution in [0.3, 0.4) is 0 Å². The number of ether oxygens (including phenoxy) is 2. The van der Waals surface area contributed by atoms with Gasteiger partial charge in [0.05, 0.1) is 36.3 Å². The second-order valence-electron chi connectivity index (χ2n) is 8.94. The number of hydrogen-bond acceptors (Lipinski definition) is 8. The van der Waals surface area contributed by atoms with E-state index in [9.17, 15) is 14.4 Å². The zero-order valence-corrected chi connectivity index (χ0v) is 22.5. The number of nitrogens with zero attached hydrogens (tertiary/aromatic N) is 3. The Morgan fingerprint density at radius 2 is 2.00 bits per heavy atom. The third-order valence-electron chi connectivity index (χ3n) is 6.46. The molecule has 0 saturated carbocycles. The summed E-state index contributed by atoms with van der Waals surface area (Å²) in [5, 5.41) is 3.16. The standard InChI is InChI=1S/C27H30ClN3O5S/c1-4-13-36-26(34)23-17(3)29-27-31(24(23)18-8-10-20(28)11-9-18)21(16-37-27)14-22(32)30-12-6-7-19(15-30)25(33)35-5-2/h4,8-11,16,19,24H,1,5-7,12-15H2,2-3H3/t19-,24+/m0/s1. The molecule has 1 amide bonds. The van der Waals surface area contributed by atoms with Gasteiger partial charge in [0.15, 0.2) is 5.17 Å². The number of amides is 1. The Morgan fingerprint density at radius 3 is 2.70 bits per heavy atom. The molecule has 3 aliphatic rings. The van der Waals surface area contributed by atoms with Crippen molar-refractivity contribution in [2.45, 2.75) is 39.2 Å². The molecule has 0 bridgehead atoms. The van der Waals surface area contributed by atoms with Gasteiger partial charge in [-0.15, -0.1) is 0 Å². The first kappa shape index (κ1) is 27.0. The van der Waals surface area contributed by atoms with Gasteiger partial charge in [0, 0.05) is 23.8 Å². The summed E-state index contributed by atoms with van der Waals surface area (Å²) in [7, 11) is 0. The molecule has 3 aliphatic heterocycles. The molecule has 0 radical (unpaired) electrons. The molecule has 196 valence electrons. The van der Waals surface area contributed by atoms with Gasteiger partial charge in [-0.2, -0.15) is 0 Å². The van der Waals surface area contributed by atoms with Gasteiger partial charge in [0.25, 0.3) is 0 Å². The van der Waals surface area contributed by atoms with E-state index in [2.05, 4.69) is 11.6 Å². The molecular weight excluding hydrogens is 514 g/mol. The number of piperidine rings is 1. The number of allylic oxidation sites excluding steroid dienone is 1. The molecule has 8 nitrogen and oxygen atoms in total. The summed E-state index contributed by atoms with van der Waals surface area (Å²) in [6.45, 7) is 8.52. The Hall–Kier alpha value is -3.04. The molecule has 1 fully saturated rings. The molecule has 4 rings (SSSR count). The predicted octanol–water partition coefficient (Wildman–Crippen LogP) is 4.84. The average molecular weight is 544 g/mol. The van der Waals surface area contributed by atoms with Gasteiger partial charge in [-0.1, -0.05) is 48.2 Å². The number of hydrogen-bond donors (Lipinski definition) is 0.